The van der Waals surface area contributed by atoms with Crippen LogP contribution in [0.4, 0.5) is 23.9 Å². The number of halogens is 3. The standard InChI is InChI=1S/C20H19F3N6O3/c21-20(22,23)13-3-1-2-12(10-13)14-4-5-24-18(25-14)29-8-6-28(7-9-29)16(30)11-15-17(31)27-19(32)26-15/h1-5,10,15H,6-9,11H2,(H2,26,27,31,32). The second-order valence-electron chi connectivity index (χ2n) is 7.41. The number of nitrogens with zero attached hydrogens (tertiary/aromatic N) is 4. The van der Waals surface area contributed by atoms with E-state index in [1.165, 1.54) is 12.3 Å². The molecule has 9 nitrogen and oxygen atoms in total. The van der Waals surface area contributed by atoms with Gasteiger partial charge in [-0.05, 0) is 18.2 Å². The van der Waals surface area contributed by atoms with Crippen molar-refractivity contribution in [3.8, 4) is 11.3 Å². The van der Waals surface area contributed by atoms with Crippen LogP contribution in [0.15, 0.2) is 36.5 Å². The van der Waals surface area contributed by atoms with Crippen LogP contribution >= 0.6 is 0 Å². The van der Waals surface area contributed by atoms with Crippen molar-refractivity contribution in [2.75, 3.05) is 31.1 Å². The predicted molar refractivity (Wildman–Crippen MR) is 106 cm³/mol. The Balaban J connectivity index is 1.40. The van der Waals surface area contributed by atoms with Gasteiger partial charge in [-0.1, -0.05) is 12.1 Å². The van der Waals surface area contributed by atoms with Crippen LogP contribution in [0.3, 0.4) is 0 Å². The molecular formula is C20H19F3N6O3. The van der Waals surface area contributed by atoms with Gasteiger partial charge < -0.3 is 15.1 Å². The summed E-state index contributed by atoms with van der Waals surface area (Å²) in [4.78, 5) is 47.3. The van der Waals surface area contributed by atoms with E-state index in [1.807, 2.05) is 4.90 Å². The summed E-state index contributed by atoms with van der Waals surface area (Å²) >= 11 is 0. The SMILES string of the molecule is O=C1NC(=O)C(CC(=O)N2CCN(c3nccc(-c4cccc(C(F)(F)F)c4)n3)CC2)N1. The summed E-state index contributed by atoms with van der Waals surface area (Å²) in [6.07, 6.45) is -3.09. The van der Waals surface area contributed by atoms with Gasteiger partial charge in [-0.25, -0.2) is 14.8 Å². The van der Waals surface area contributed by atoms with Crippen molar-refractivity contribution in [2.24, 2.45) is 0 Å². The van der Waals surface area contributed by atoms with Gasteiger partial charge in [0.05, 0.1) is 17.7 Å². The Morgan fingerprint density at radius 1 is 1.12 bits per heavy atom. The van der Waals surface area contributed by atoms with Crippen LogP contribution in [0.2, 0.25) is 0 Å². The van der Waals surface area contributed by atoms with E-state index in [9.17, 15) is 27.6 Å². The molecule has 2 aliphatic rings. The lowest BCUT2D eigenvalue weighted by atomic mass is 10.1. The number of hydrogen-bond donors (Lipinski definition) is 2. The maximum atomic E-state index is 13.0. The Morgan fingerprint density at radius 2 is 1.88 bits per heavy atom. The third kappa shape index (κ3) is 4.63. The number of piperazine rings is 1. The number of carbonyl (C=O) groups excluding carboxylic acids is 3. The van der Waals surface area contributed by atoms with Gasteiger partial charge in [-0.3, -0.25) is 14.9 Å². The van der Waals surface area contributed by atoms with Crippen molar-refractivity contribution in [2.45, 2.75) is 18.6 Å². The van der Waals surface area contributed by atoms with Gasteiger partial charge in [0.25, 0.3) is 5.91 Å². The fourth-order valence-corrected chi connectivity index (χ4v) is 3.58. The van der Waals surface area contributed by atoms with E-state index in [2.05, 4.69) is 20.6 Å². The molecule has 12 heteroatoms. The lowest BCUT2D eigenvalue weighted by Gasteiger charge is -2.35. The molecule has 0 saturated carbocycles. The summed E-state index contributed by atoms with van der Waals surface area (Å²) in [6.45, 7) is 1.55. The number of rotatable bonds is 4. The quantitative estimate of drug-likeness (QED) is 0.685. The van der Waals surface area contributed by atoms with Gasteiger partial charge in [0.2, 0.25) is 11.9 Å². The van der Waals surface area contributed by atoms with Gasteiger partial charge in [0, 0.05) is 37.9 Å². The molecule has 4 amide bonds. The van der Waals surface area contributed by atoms with Gasteiger partial charge in [0.15, 0.2) is 0 Å². The molecule has 2 aliphatic heterocycles. The van der Waals surface area contributed by atoms with Gasteiger partial charge in [-0.15, -0.1) is 0 Å². The molecule has 1 aromatic carbocycles. The molecular weight excluding hydrogens is 429 g/mol. The monoisotopic (exact) mass is 448 g/mol. The van der Waals surface area contributed by atoms with Crippen LogP contribution in [0, 0.1) is 0 Å². The van der Waals surface area contributed by atoms with Crippen LogP contribution in [-0.4, -0.2) is 64.9 Å². The predicted octanol–water partition coefficient (Wildman–Crippen LogP) is 1.41. The molecule has 4 rings (SSSR count). The molecule has 32 heavy (non-hydrogen) atoms. The largest absolute Gasteiger partial charge is 0.416 e. The smallest absolute Gasteiger partial charge is 0.339 e. The third-order valence-corrected chi connectivity index (χ3v) is 5.28. The summed E-state index contributed by atoms with van der Waals surface area (Å²) in [6, 6.07) is 4.98. The van der Waals surface area contributed by atoms with E-state index in [0.29, 0.717) is 43.4 Å². The van der Waals surface area contributed by atoms with Crippen molar-refractivity contribution in [3.63, 3.8) is 0 Å². The zero-order valence-electron chi connectivity index (χ0n) is 16.7. The highest BCUT2D eigenvalue weighted by Gasteiger charge is 2.34. The number of aromatic nitrogens is 2. The number of benzene rings is 1. The summed E-state index contributed by atoms with van der Waals surface area (Å²) in [5.74, 6) is -0.429. The molecule has 1 unspecified atom stereocenters. The second-order valence-corrected chi connectivity index (χ2v) is 7.41. The Morgan fingerprint density at radius 3 is 2.53 bits per heavy atom. The normalized spacial score (nSPS) is 19.0. The van der Waals surface area contributed by atoms with Crippen molar-refractivity contribution in [1.29, 1.82) is 0 Å². The fourth-order valence-electron chi connectivity index (χ4n) is 3.58. The number of imide groups is 1. The summed E-state index contributed by atoms with van der Waals surface area (Å²) in [5, 5.41) is 4.48. The number of amides is 4. The molecule has 2 N–H and O–H groups in total. The number of hydrogen-bond acceptors (Lipinski definition) is 6. The molecule has 0 bridgehead atoms. The first-order valence-corrected chi connectivity index (χ1v) is 9.85. The van der Waals surface area contributed by atoms with Gasteiger partial charge in [0.1, 0.15) is 6.04 Å². The molecule has 1 aromatic heterocycles. The van der Waals surface area contributed by atoms with E-state index < -0.39 is 29.7 Å². The van der Waals surface area contributed by atoms with Crippen molar-refractivity contribution < 1.29 is 27.6 Å². The molecule has 0 aliphatic carbocycles. The third-order valence-electron chi connectivity index (χ3n) is 5.28. The first kappa shape index (κ1) is 21.5. The van der Waals surface area contributed by atoms with E-state index in [4.69, 9.17) is 0 Å². The average Bonchev–Trinajstić information content (AvgIpc) is 3.10. The number of alkyl halides is 3. The molecule has 2 saturated heterocycles. The highest BCUT2D eigenvalue weighted by atomic mass is 19.4. The highest BCUT2D eigenvalue weighted by Crippen LogP contribution is 2.32. The average molecular weight is 448 g/mol. The maximum absolute atomic E-state index is 13.0. The summed E-state index contributed by atoms with van der Waals surface area (Å²) in [7, 11) is 0. The van der Waals surface area contributed by atoms with Gasteiger partial charge >= 0.3 is 12.2 Å². The molecule has 168 valence electrons. The molecule has 2 fully saturated rings. The Bertz CT molecular complexity index is 1050. The molecule has 0 spiro atoms. The van der Waals surface area contributed by atoms with Crippen LogP contribution in [0.5, 0.6) is 0 Å². The zero-order chi connectivity index (χ0) is 22.9. The van der Waals surface area contributed by atoms with E-state index in [1.54, 1.807) is 17.0 Å². The molecule has 0 radical (unpaired) electrons. The Labute approximate surface area is 180 Å². The highest BCUT2D eigenvalue weighted by molar-refractivity contribution is 6.05. The number of nitrogens with one attached hydrogen (secondary N) is 2. The Kier molecular flexibility index (Phi) is 5.68. The van der Waals surface area contributed by atoms with E-state index in [-0.39, 0.29) is 12.3 Å². The first-order valence-electron chi connectivity index (χ1n) is 9.85. The van der Waals surface area contributed by atoms with Gasteiger partial charge in [-0.2, -0.15) is 13.2 Å². The van der Waals surface area contributed by atoms with Crippen LogP contribution in [-0.2, 0) is 15.8 Å². The zero-order valence-corrected chi connectivity index (χ0v) is 16.7. The molecule has 3 heterocycles. The minimum absolute atomic E-state index is 0.126. The van der Waals surface area contributed by atoms with E-state index in [0.717, 1.165) is 12.1 Å². The van der Waals surface area contributed by atoms with Crippen molar-refractivity contribution >= 4 is 23.8 Å². The maximum Gasteiger partial charge on any atom is 0.416 e. The van der Waals surface area contributed by atoms with Crippen LogP contribution in [0.1, 0.15) is 12.0 Å². The number of urea groups is 1. The molecule has 1 atom stereocenters. The van der Waals surface area contributed by atoms with Crippen LogP contribution in [0.25, 0.3) is 11.3 Å². The van der Waals surface area contributed by atoms with Crippen molar-refractivity contribution in [3.05, 3.63) is 42.1 Å². The minimum atomic E-state index is -4.45. The van der Waals surface area contributed by atoms with Crippen molar-refractivity contribution in [1.82, 2.24) is 25.5 Å². The fraction of sp³-hybridized carbons (Fsp3) is 0.350. The second kappa shape index (κ2) is 8.44. The van der Waals surface area contributed by atoms with E-state index >= 15 is 0 Å². The topological polar surface area (TPSA) is 108 Å². The summed E-state index contributed by atoms with van der Waals surface area (Å²) in [5.41, 5.74) is -0.0637. The lowest BCUT2D eigenvalue weighted by molar-refractivity contribution is -0.137. The number of carbonyl (C=O) groups is 3. The molecule has 2 aromatic rings. The van der Waals surface area contributed by atoms with Crippen LogP contribution < -0.4 is 15.5 Å². The minimum Gasteiger partial charge on any atom is -0.339 e. The first-order chi connectivity index (χ1) is 15.2. The lowest BCUT2D eigenvalue weighted by Crippen LogP contribution is -2.50. The Hall–Kier alpha value is -3.70. The summed E-state index contributed by atoms with van der Waals surface area (Å²) < 4.78 is 39.0. The number of anilines is 1.